The Morgan fingerprint density at radius 3 is 2.95 bits per heavy atom. The van der Waals surface area contributed by atoms with Crippen molar-refractivity contribution in [2.24, 2.45) is 4.99 Å². The van der Waals surface area contributed by atoms with E-state index < -0.39 is 0 Å². The summed E-state index contributed by atoms with van der Waals surface area (Å²) in [5, 5.41) is 9.08. The summed E-state index contributed by atoms with van der Waals surface area (Å²) in [6.45, 7) is 1.05. The number of hydrogen-bond acceptors (Lipinski definition) is 2. The van der Waals surface area contributed by atoms with Crippen LogP contribution >= 0.6 is 24.0 Å². The van der Waals surface area contributed by atoms with Crippen molar-refractivity contribution in [3.05, 3.63) is 29.8 Å². The molecule has 0 radical (unpaired) electrons. The molecule has 1 heterocycles. The van der Waals surface area contributed by atoms with Crippen LogP contribution in [-0.2, 0) is 4.79 Å². The molecule has 5 nitrogen and oxygen atoms in total. The third-order valence-electron chi connectivity index (χ3n) is 3.20. The largest absolute Gasteiger partial charge is 0.356 e. The molecule has 21 heavy (non-hydrogen) atoms. The molecule has 0 spiro atoms. The Balaban J connectivity index is 0.00000220. The van der Waals surface area contributed by atoms with E-state index in [1.807, 2.05) is 24.3 Å². The molecular weight excluding hydrogens is 379 g/mol. The highest BCUT2D eigenvalue weighted by Gasteiger charge is 2.24. The minimum Gasteiger partial charge on any atom is -0.356 e. The maximum Gasteiger partial charge on any atom is 0.225 e. The monoisotopic (exact) mass is 398 g/mol. The minimum absolute atomic E-state index is 0. The average Bonchev–Trinajstić information content (AvgIpc) is 2.47. The van der Waals surface area contributed by atoms with Crippen LogP contribution in [0, 0.1) is 12.3 Å². The number of rotatable bonds is 3. The van der Waals surface area contributed by atoms with E-state index in [0.29, 0.717) is 25.5 Å². The molecule has 1 aromatic rings. The number of benzene rings is 1. The van der Waals surface area contributed by atoms with E-state index in [0.717, 1.165) is 11.3 Å². The lowest BCUT2D eigenvalue weighted by Gasteiger charge is -2.26. The second kappa shape index (κ2) is 8.52. The Labute approximate surface area is 142 Å². The van der Waals surface area contributed by atoms with E-state index in [1.165, 1.54) is 0 Å². The zero-order chi connectivity index (χ0) is 14.4. The summed E-state index contributed by atoms with van der Waals surface area (Å²) >= 11 is 0. The van der Waals surface area contributed by atoms with Crippen molar-refractivity contribution in [3.8, 4) is 12.3 Å². The van der Waals surface area contributed by atoms with Gasteiger partial charge in [0, 0.05) is 31.6 Å². The number of halogens is 1. The Kier molecular flexibility index (Phi) is 7.02. The predicted molar refractivity (Wildman–Crippen MR) is 96.0 cm³/mol. The maximum atomic E-state index is 11.7. The molecule has 0 saturated heterocycles. The molecule has 1 unspecified atom stereocenters. The summed E-state index contributed by atoms with van der Waals surface area (Å²) < 4.78 is 0. The van der Waals surface area contributed by atoms with Gasteiger partial charge in [0.15, 0.2) is 5.96 Å². The van der Waals surface area contributed by atoms with Gasteiger partial charge in [0.2, 0.25) is 5.91 Å². The number of guanidine groups is 1. The lowest BCUT2D eigenvalue weighted by atomic mass is 9.90. The second-order valence-corrected chi connectivity index (χ2v) is 4.55. The average molecular weight is 398 g/mol. The number of fused-ring (bicyclic) bond motifs is 1. The lowest BCUT2D eigenvalue weighted by Crippen LogP contribution is -2.40. The van der Waals surface area contributed by atoms with E-state index in [9.17, 15) is 4.79 Å². The molecule has 6 heteroatoms. The number of para-hydroxylation sites is 1. The minimum atomic E-state index is 0. The van der Waals surface area contributed by atoms with Crippen molar-refractivity contribution in [1.82, 2.24) is 10.6 Å². The third kappa shape index (κ3) is 4.63. The number of anilines is 1. The summed E-state index contributed by atoms with van der Waals surface area (Å²) in [5.41, 5.74) is 2.04. The first-order valence-corrected chi connectivity index (χ1v) is 6.51. The third-order valence-corrected chi connectivity index (χ3v) is 3.20. The van der Waals surface area contributed by atoms with Crippen molar-refractivity contribution in [3.63, 3.8) is 0 Å². The van der Waals surface area contributed by atoms with Gasteiger partial charge in [-0.3, -0.25) is 9.79 Å². The van der Waals surface area contributed by atoms with E-state index in [1.54, 1.807) is 7.05 Å². The molecule has 0 aromatic heterocycles. The van der Waals surface area contributed by atoms with Crippen LogP contribution in [0.15, 0.2) is 29.3 Å². The highest BCUT2D eigenvalue weighted by molar-refractivity contribution is 14.0. The van der Waals surface area contributed by atoms with Crippen LogP contribution in [0.5, 0.6) is 0 Å². The number of carbonyl (C=O) groups is 1. The summed E-state index contributed by atoms with van der Waals surface area (Å²) in [6, 6.07) is 7.86. The summed E-state index contributed by atoms with van der Waals surface area (Å²) in [5.74, 6) is 3.31. The fourth-order valence-electron chi connectivity index (χ4n) is 2.26. The van der Waals surface area contributed by atoms with Gasteiger partial charge in [0.25, 0.3) is 0 Å². The number of carbonyl (C=O) groups excluding carboxylic acids is 1. The first-order valence-electron chi connectivity index (χ1n) is 6.51. The Morgan fingerprint density at radius 1 is 1.48 bits per heavy atom. The lowest BCUT2D eigenvalue weighted by molar-refractivity contribution is -0.116. The predicted octanol–water partition coefficient (Wildman–Crippen LogP) is 1.53. The quantitative estimate of drug-likeness (QED) is 0.313. The Morgan fingerprint density at radius 2 is 2.24 bits per heavy atom. The van der Waals surface area contributed by atoms with Crippen LogP contribution in [0.3, 0.4) is 0 Å². The van der Waals surface area contributed by atoms with Crippen LogP contribution in [0.4, 0.5) is 5.69 Å². The number of aliphatic imine (C=N–C) groups is 1. The molecule has 1 aliphatic heterocycles. The number of amides is 1. The number of nitrogens with one attached hydrogen (secondary N) is 3. The summed E-state index contributed by atoms with van der Waals surface area (Å²) in [7, 11) is 1.69. The van der Waals surface area contributed by atoms with Crippen LogP contribution in [0.25, 0.3) is 0 Å². The van der Waals surface area contributed by atoms with Gasteiger partial charge < -0.3 is 16.0 Å². The van der Waals surface area contributed by atoms with Crippen molar-refractivity contribution >= 4 is 41.5 Å². The molecule has 0 saturated carbocycles. The van der Waals surface area contributed by atoms with Crippen LogP contribution in [0.1, 0.15) is 17.9 Å². The van der Waals surface area contributed by atoms with Gasteiger partial charge in [0.05, 0.1) is 6.54 Å². The first kappa shape index (κ1) is 17.3. The van der Waals surface area contributed by atoms with E-state index in [-0.39, 0.29) is 35.8 Å². The molecular formula is C15H19IN4O. The van der Waals surface area contributed by atoms with Crippen LogP contribution < -0.4 is 16.0 Å². The Bertz CT molecular complexity index is 565. The molecule has 3 N–H and O–H groups in total. The second-order valence-electron chi connectivity index (χ2n) is 4.55. The van der Waals surface area contributed by atoms with Crippen molar-refractivity contribution in [1.29, 1.82) is 0 Å². The molecule has 0 fully saturated rings. The van der Waals surface area contributed by atoms with Crippen LogP contribution in [-0.4, -0.2) is 32.0 Å². The standard InChI is InChI=1S/C15H18N4O.HI/c1-3-8-17-15(16-2)18-10-11-9-14(20)19-13-7-5-4-6-12(11)13;/h1,4-7,11H,8-10H2,2H3,(H,19,20)(H2,16,17,18);1H. The van der Waals surface area contributed by atoms with Crippen molar-refractivity contribution < 1.29 is 4.79 Å². The van der Waals surface area contributed by atoms with Gasteiger partial charge in [0.1, 0.15) is 0 Å². The number of nitrogens with zero attached hydrogens (tertiary/aromatic N) is 1. The summed E-state index contributed by atoms with van der Waals surface area (Å²) in [6.07, 6.45) is 5.67. The number of hydrogen-bond donors (Lipinski definition) is 3. The van der Waals surface area contributed by atoms with Gasteiger partial charge in [-0.2, -0.15) is 0 Å². The maximum absolute atomic E-state index is 11.7. The molecule has 1 atom stereocenters. The molecule has 1 aliphatic rings. The van der Waals surface area contributed by atoms with Crippen molar-refractivity contribution in [2.75, 3.05) is 25.5 Å². The molecule has 1 amide bonds. The molecule has 112 valence electrons. The summed E-state index contributed by atoms with van der Waals surface area (Å²) in [4.78, 5) is 15.8. The zero-order valence-corrected chi connectivity index (χ0v) is 14.2. The fourth-order valence-corrected chi connectivity index (χ4v) is 2.26. The molecule has 0 bridgehead atoms. The van der Waals surface area contributed by atoms with E-state index in [4.69, 9.17) is 6.42 Å². The van der Waals surface area contributed by atoms with E-state index >= 15 is 0 Å². The van der Waals surface area contributed by atoms with Gasteiger partial charge in [-0.15, -0.1) is 30.4 Å². The Hall–Kier alpha value is -1.75. The van der Waals surface area contributed by atoms with Crippen LogP contribution in [0.2, 0.25) is 0 Å². The van der Waals surface area contributed by atoms with E-state index in [2.05, 4.69) is 26.9 Å². The van der Waals surface area contributed by atoms with Crippen molar-refractivity contribution in [2.45, 2.75) is 12.3 Å². The fraction of sp³-hybridized carbons (Fsp3) is 0.333. The van der Waals surface area contributed by atoms with Gasteiger partial charge in [-0.25, -0.2) is 0 Å². The van der Waals surface area contributed by atoms with Gasteiger partial charge in [-0.05, 0) is 11.6 Å². The smallest absolute Gasteiger partial charge is 0.225 e. The normalized spacial score (nSPS) is 16.9. The number of terminal acetylenes is 1. The molecule has 1 aromatic carbocycles. The van der Waals surface area contributed by atoms with Gasteiger partial charge >= 0.3 is 0 Å². The highest BCUT2D eigenvalue weighted by Crippen LogP contribution is 2.31. The first-order chi connectivity index (χ1) is 9.74. The molecule has 0 aliphatic carbocycles. The topological polar surface area (TPSA) is 65.5 Å². The SMILES string of the molecule is C#CCNC(=NC)NCC1CC(=O)Nc2ccccc21.I. The van der Waals surface area contributed by atoms with Gasteiger partial charge in [-0.1, -0.05) is 24.1 Å². The zero-order valence-electron chi connectivity index (χ0n) is 11.8. The highest BCUT2D eigenvalue weighted by atomic mass is 127. The molecule has 2 rings (SSSR count).